The van der Waals surface area contributed by atoms with Gasteiger partial charge in [0, 0.05) is 26.1 Å². The zero-order valence-electron chi connectivity index (χ0n) is 17.3. The lowest BCUT2D eigenvalue weighted by Crippen LogP contribution is -2.41. The molecule has 3 N–H and O–H groups in total. The van der Waals surface area contributed by atoms with Crippen molar-refractivity contribution in [2.75, 3.05) is 33.9 Å². The van der Waals surface area contributed by atoms with Crippen molar-refractivity contribution in [2.24, 2.45) is 10.9 Å². The van der Waals surface area contributed by atoms with Gasteiger partial charge < -0.3 is 25.4 Å². The lowest BCUT2D eigenvalue weighted by Gasteiger charge is -2.13. The first-order chi connectivity index (χ1) is 13.7. The van der Waals surface area contributed by atoms with Crippen LogP contribution in [0.3, 0.4) is 0 Å². The highest BCUT2D eigenvalue weighted by Gasteiger charge is 2.17. The summed E-state index contributed by atoms with van der Waals surface area (Å²) in [6, 6.07) is 5.77. The van der Waals surface area contributed by atoms with Crippen molar-refractivity contribution in [3.8, 4) is 11.5 Å². The molecule has 0 heterocycles. The quantitative estimate of drug-likeness (QED) is 0.325. The Morgan fingerprint density at radius 3 is 2.46 bits per heavy atom. The van der Waals surface area contributed by atoms with E-state index in [2.05, 4.69) is 20.9 Å². The molecule has 0 saturated heterocycles. The van der Waals surface area contributed by atoms with E-state index in [0.717, 1.165) is 18.1 Å². The van der Waals surface area contributed by atoms with Crippen molar-refractivity contribution in [3.63, 3.8) is 0 Å². The third-order valence-electron chi connectivity index (χ3n) is 4.90. The highest BCUT2D eigenvalue weighted by molar-refractivity contribution is 5.80. The minimum Gasteiger partial charge on any atom is -0.493 e. The summed E-state index contributed by atoms with van der Waals surface area (Å²) in [4.78, 5) is 16.6. The Morgan fingerprint density at radius 1 is 1.07 bits per heavy atom. The Morgan fingerprint density at radius 2 is 1.79 bits per heavy atom. The van der Waals surface area contributed by atoms with Crippen LogP contribution in [0.1, 0.15) is 44.6 Å². The van der Waals surface area contributed by atoms with Crippen LogP contribution in [0.25, 0.3) is 0 Å². The Bertz CT molecular complexity index is 643. The standard InChI is InChI=1S/C21H34N4O3/c1-4-22-21(24-12-11-23-20(26)14-16-7-5-6-8-16)25-15-17-9-10-18(27-2)19(13-17)28-3/h9-10,13,16H,4-8,11-12,14-15H2,1-3H3,(H,23,26)(H2,22,24,25). The Hall–Kier alpha value is -2.44. The van der Waals surface area contributed by atoms with Gasteiger partial charge in [-0.15, -0.1) is 0 Å². The molecule has 1 aliphatic carbocycles. The molecule has 7 heteroatoms. The molecule has 1 aromatic rings. The summed E-state index contributed by atoms with van der Waals surface area (Å²) in [7, 11) is 3.24. The minimum absolute atomic E-state index is 0.154. The van der Waals surface area contributed by atoms with E-state index in [9.17, 15) is 4.79 Å². The molecule has 1 saturated carbocycles. The van der Waals surface area contributed by atoms with Crippen molar-refractivity contribution < 1.29 is 14.3 Å². The number of amides is 1. The fraction of sp³-hybridized carbons (Fsp3) is 0.619. The number of carbonyl (C=O) groups excluding carboxylic acids is 1. The average molecular weight is 391 g/mol. The lowest BCUT2D eigenvalue weighted by atomic mass is 10.0. The Labute approximate surface area is 168 Å². The summed E-state index contributed by atoms with van der Waals surface area (Å²) in [5.74, 6) is 2.85. The van der Waals surface area contributed by atoms with Gasteiger partial charge in [-0.3, -0.25) is 4.79 Å². The lowest BCUT2D eigenvalue weighted by molar-refractivity contribution is -0.121. The van der Waals surface area contributed by atoms with Crippen LogP contribution in [0.4, 0.5) is 0 Å². The first-order valence-electron chi connectivity index (χ1n) is 10.2. The maximum Gasteiger partial charge on any atom is 0.220 e. The second kappa shape index (κ2) is 12.1. The molecule has 0 spiro atoms. The molecule has 1 amide bonds. The van der Waals surface area contributed by atoms with Crippen molar-refractivity contribution in [1.29, 1.82) is 0 Å². The van der Waals surface area contributed by atoms with Gasteiger partial charge >= 0.3 is 0 Å². The number of methoxy groups -OCH3 is 2. The van der Waals surface area contributed by atoms with E-state index in [0.29, 0.717) is 43.5 Å². The van der Waals surface area contributed by atoms with E-state index < -0.39 is 0 Å². The fourth-order valence-electron chi connectivity index (χ4n) is 3.42. The molecule has 0 aliphatic heterocycles. The van der Waals surface area contributed by atoms with Gasteiger partial charge in [0.2, 0.25) is 5.91 Å². The molecule has 2 rings (SSSR count). The van der Waals surface area contributed by atoms with Crippen molar-refractivity contribution in [2.45, 2.75) is 45.6 Å². The maximum absolute atomic E-state index is 12.0. The summed E-state index contributed by atoms with van der Waals surface area (Å²) in [6.45, 7) is 4.53. The third kappa shape index (κ3) is 7.29. The highest BCUT2D eigenvalue weighted by Crippen LogP contribution is 2.28. The monoisotopic (exact) mass is 390 g/mol. The molecule has 28 heavy (non-hydrogen) atoms. The SMILES string of the molecule is CCNC(=NCc1ccc(OC)c(OC)c1)NCCNC(=O)CC1CCCC1. The van der Waals surface area contributed by atoms with E-state index >= 15 is 0 Å². The Balaban J connectivity index is 1.77. The molecule has 1 aliphatic rings. The number of ether oxygens (including phenoxy) is 2. The number of hydrogen-bond donors (Lipinski definition) is 3. The van der Waals surface area contributed by atoms with E-state index in [4.69, 9.17) is 9.47 Å². The number of aliphatic imine (C=N–C) groups is 1. The van der Waals surface area contributed by atoms with E-state index in [1.807, 2.05) is 25.1 Å². The van der Waals surface area contributed by atoms with Crippen LogP contribution < -0.4 is 25.4 Å². The van der Waals surface area contributed by atoms with Crippen LogP contribution in [0.2, 0.25) is 0 Å². The number of hydrogen-bond acceptors (Lipinski definition) is 4. The second-order valence-electron chi connectivity index (χ2n) is 7.02. The predicted octanol–water partition coefficient (Wildman–Crippen LogP) is 2.46. The van der Waals surface area contributed by atoms with Gasteiger partial charge in [0.15, 0.2) is 17.5 Å². The third-order valence-corrected chi connectivity index (χ3v) is 4.90. The van der Waals surface area contributed by atoms with Crippen LogP contribution >= 0.6 is 0 Å². The van der Waals surface area contributed by atoms with Gasteiger partial charge in [0.25, 0.3) is 0 Å². The first-order valence-corrected chi connectivity index (χ1v) is 10.2. The molecule has 156 valence electrons. The Kier molecular flexibility index (Phi) is 9.45. The second-order valence-corrected chi connectivity index (χ2v) is 7.02. The molecule has 0 unspecified atom stereocenters. The van der Waals surface area contributed by atoms with Crippen molar-refractivity contribution in [3.05, 3.63) is 23.8 Å². The number of nitrogens with one attached hydrogen (secondary N) is 3. The van der Waals surface area contributed by atoms with Gasteiger partial charge in [0.1, 0.15) is 0 Å². The van der Waals surface area contributed by atoms with Crippen molar-refractivity contribution in [1.82, 2.24) is 16.0 Å². The molecule has 1 fully saturated rings. The normalized spacial score (nSPS) is 14.6. The predicted molar refractivity (Wildman–Crippen MR) is 112 cm³/mol. The fourth-order valence-corrected chi connectivity index (χ4v) is 3.42. The van der Waals surface area contributed by atoms with Crippen LogP contribution in [0.15, 0.2) is 23.2 Å². The van der Waals surface area contributed by atoms with Gasteiger partial charge in [-0.05, 0) is 43.4 Å². The average Bonchev–Trinajstić information content (AvgIpc) is 3.21. The molecule has 0 bridgehead atoms. The highest BCUT2D eigenvalue weighted by atomic mass is 16.5. The topological polar surface area (TPSA) is 84.0 Å². The van der Waals surface area contributed by atoms with Crippen LogP contribution in [0, 0.1) is 5.92 Å². The van der Waals surface area contributed by atoms with Crippen LogP contribution in [-0.4, -0.2) is 45.7 Å². The summed E-state index contributed by atoms with van der Waals surface area (Å²) in [5, 5.41) is 9.47. The number of carbonyl (C=O) groups is 1. The number of rotatable bonds is 10. The van der Waals surface area contributed by atoms with Crippen LogP contribution in [0.5, 0.6) is 11.5 Å². The van der Waals surface area contributed by atoms with Gasteiger partial charge in [-0.2, -0.15) is 0 Å². The summed E-state index contributed by atoms with van der Waals surface area (Å²) in [6.07, 6.45) is 5.58. The van der Waals surface area contributed by atoms with Gasteiger partial charge in [0.05, 0.1) is 20.8 Å². The zero-order valence-corrected chi connectivity index (χ0v) is 17.3. The zero-order chi connectivity index (χ0) is 20.2. The largest absolute Gasteiger partial charge is 0.493 e. The number of nitrogens with zero attached hydrogens (tertiary/aromatic N) is 1. The van der Waals surface area contributed by atoms with Crippen LogP contribution in [-0.2, 0) is 11.3 Å². The molecular formula is C21H34N4O3. The number of guanidine groups is 1. The minimum atomic E-state index is 0.154. The molecule has 0 aromatic heterocycles. The van der Waals surface area contributed by atoms with Gasteiger partial charge in [-0.1, -0.05) is 18.9 Å². The van der Waals surface area contributed by atoms with E-state index in [-0.39, 0.29) is 5.91 Å². The molecular weight excluding hydrogens is 356 g/mol. The summed E-state index contributed by atoms with van der Waals surface area (Å²) < 4.78 is 10.6. The molecule has 7 nitrogen and oxygen atoms in total. The first kappa shape index (κ1) is 21.9. The van der Waals surface area contributed by atoms with Crippen molar-refractivity contribution >= 4 is 11.9 Å². The summed E-state index contributed by atoms with van der Waals surface area (Å²) in [5.41, 5.74) is 1.03. The number of benzene rings is 1. The molecule has 0 atom stereocenters. The van der Waals surface area contributed by atoms with E-state index in [1.54, 1.807) is 14.2 Å². The van der Waals surface area contributed by atoms with Gasteiger partial charge in [-0.25, -0.2) is 4.99 Å². The molecule has 1 aromatic carbocycles. The maximum atomic E-state index is 12.0. The summed E-state index contributed by atoms with van der Waals surface area (Å²) >= 11 is 0. The smallest absolute Gasteiger partial charge is 0.220 e. The molecule has 0 radical (unpaired) electrons. The van der Waals surface area contributed by atoms with E-state index in [1.165, 1.54) is 25.7 Å².